The molecule has 0 unspecified atom stereocenters. The van der Waals surface area contributed by atoms with Crippen molar-refractivity contribution in [2.45, 2.75) is 274 Å². The Kier molecular flexibility index (Phi) is 47.5. The molecule has 7 heterocycles. The summed E-state index contributed by atoms with van der Waals surface area (Å²) in [6.07, 6.45) is -1.31. The monoisotopic (exact) mass is 2130 g/mol. The summed E-state index contributed by atoms with van der Waals surface area (Å²) in [5.41, 5.74) is 23.9. The predicted octanol–water partition coefficient (Wildman–Crippen LogP) is -8.54. The normalized spacial score (nSPS) is 26.2. The number of carbonyl (C=O) groups is 20. The van der Waals surface area contributed by atoms with Gasteiger partial charge in [0.2, 0.25) is 118 Å². The van der Waals surface area contributed by atoms with E-state index >= 15 is 33.6 Å². The molecule has 818 valence electrons. The van der Waals surface area contributed by atoms with E-state index in [1.54, 1.807) is 58.2 Å². The van der Waals surface area contributed by atoms with Gasteiger partial charge in [-0.05, 0) is 122 Å². The van der Waals surface area contributed by atoms with Gasteiger partial charge in [-0.1, -0.05) is 45.9 Å². The Morgan fingerprint density at radius 3 is 1.50 bits per heavy atom. The predicted molar refractivity (Wildman–Crippen MR) is 544 cm³/mol. The molecular weight excluding hydrogens is 1990 g/mol. The minimum absolute atomic E-state index is 0.00465. The van der Waals surface area contributed by atoms with Crippen LogP contribution in [0.25, 0.3) is 10.9 Å². The van der Waals surface area contributed by atoms with Crippen molar-refractivity contribution in [3.05, 3.63) is 54.2 Å². The molecule has 5 aliphatic heterocycles. The van der Waals surface area contributed by atoms with Gasteiger partial charge in [0, 0.05) is 116 Å². The fraction of sp³-hybridized carbons (Fsp3) is 0.641. The Labute approximate surface area is 868 Å². The van der Waals surface area contributed by atoms with Crippen LogP contribution in [0.4, 0.5) is 0 Å². The second-order valence-corrected chi connectivity index (χ2v) is 41.5. The number of guanidine groups is 2. The van der Waals surface area contributed by atoms with Crippen LogP contribution >= 0.6 is 35.3 Å². The number of benzene rings is 1. The standard InChI is InChI=1S/C92H144N30O23S3/c1-46(2)32-59-78(133)111-62(33-47(3)4)90(145)122-28-15-20-67(122)85(140)106-57(18-12-25-100-91(95)96)77(132)105-50(7)76(131)116-72(51(8)124)88(143)115-64(82(137)104-49(6)74(94)129)39-146-29-22-69(126)118-43-119-45-120(44-118)71(128)24-31-148-41-66(113-75(130)48(5)93)84(139)117-73(52(9)125)87(142)107-58(19-13-26-101-92(97)98)89(144)121-27-14-21-68(121)86(141)110-60(34-53-36-102-56-17-11-10-16-55(53)56)79(134)114-65(40-147-30-23-70(119)127)83(138)109-61(35-54-37-99-42-103-54)80(135)112-63(38-123)81(136)108-59/h10-11,16-17,36-37,42,46-52,57-68,72-73,102,123-125H,12-15,18-35,38-41,43-45,93H2,1-9H3,(H2,94,129)(H,99,103)(H,104,137)(H,105,132)(H,106,140)(H,107,142)(H,108,136)(H,109,138)(H,110,141)(H,111,133)(H,112,135)(H,113,130)(H,114,134)(H,115,143)(H,116,131)(H,117,139)(H4,95,96,100)(H4,97,98,101)/t48-,49-,50-,51+,52+,57-,58-,59-,60-,61-,62-,63-,64-,65-,66-,67-,68-,72-,73-/m0/s1. The molecule has 31 N–H and O–H groups in total. The first kappa shape index (κ1) is 120. The Hall–Kier alpha value is -13.2. The highest BCUT2D eigenvalue weighted by Gasteiger charge is 2.46. The van der Waals surface area contributed by atoms with Gasteiger partial charge < -0.3 is 158 Å². The van der Waals surface area contributed by atoms with E-state index in [4.69, 9.17) is 33.8 Å². The summed E-state index contributed by atoms with van der Waals surface area (Å²) in [5, 5.41) is 91.0. The van der Waals surface area contributed by atoms with Crippen LogP contribution in [0, 0.1) is 22.7 Å². The van der Waals surface area contributed by atoms with Gasteiger partial charge in [0.05, 0.1) is 56.9 Å². The minimum atomic E-state index is -1.92. The number of para-hydroxylation sites is 1. The zero-order chi connectivity index (χ0) is 109. The van der Waals surface area contributed by atoms with Crippen LogP contribution in [0.3, 0.4) is 0 Å². The molecule has 8 rings (SSSR count). The van der Waals surface area contributed by atoms with Gasteiger partial charge in [-0.3, -0.25) is 107 Å². The van der Waals surface area contributed by atoms with Crippen LogP contribution in [-0.2, 0) is 109 Å². The number of aliphatic hydroxyl groups excluding tert-OH is 3. The molecular formula is C92H144N30O23S3. The van der Waals surface area contributed by atoms with E-state index in [0.29, 0.717) is 16.5 Å². The minimum Gasteiger partial charge on any atom is -0.394 e. The third kappa shape index (κ3) is 36.7. The summed E-state index contributed by atoms with van der Waals surface area (Å²) in [5.74, 6) is -22.3. The van der Waals surface area contributed by atoms with Crippen LogP contribution in [0.2, 0.25) is 0 Å². The number of fused-ring (bicyclic) bond motifs is 10. The number of primary amides is 1. The number of hydrogen-bond acceptors (Lipinski definition) is 30. The quantitative estimate of drug-likeness (QED) is 0.0225. The van der Waals surface area contributed by atoms with Gasteiger partial charge in [-0.15, -0.1) is 0 Å². The third-order valence-corrected chi connectivity index (χ3v) is 28.2. The van der Waals surface area contributed by atoms with Gasteiger partial charge in [0.15, 0.2) is 11.9 Å². The van der Waals surface area contributed by atoms with E-state index in [9.17, 15) is 77.6 Å². The maximum absolute atomic E-state index is 15.8. The molecule has 0 saturated carbocycles. The molecule has 19 atom stereocenters. The van der Waals surface area contributed by atoms with Gasteiger partial charge in [-0.2, -0.15) is 35.3 Å². The topological polar surface area (TPSA) is 807 Å². The first-order chi connectivity index (χ1) is 70.1. The van der Waals surface area contributed by atoms with Gasteiger partial charge in [0.25, 0.3) is 0 Å². The average Bonchev–Trinajstić information content (AvgIpc) is 1.10. The highest BCUT2D eigenvalue weighted by molar-refractivity contribution is 7.99. The number of aromatic amines is 2. The first-order valence-corrected chi connectivity index (χ1v) is 52.7. The largest absolute Gasteiger partial charge is 0.394 e. The second kappa shape index (κ2) is 58.5. The van der Waals surface area contributed by atoms with Crippen molar-refractivity contribution in [2.75, 3.05) is 87.3 Å². The summed E-state index contributed by atoms with van der Waals surface area (Å²) in [6, 6.07) is -20.0. The number of hydrogen-bond donors (Lipinski definition) is 27. The number of aromatic nitrogens is 3. The molecule has 4 bridgehead atoms. The number of nitrogens with zero attached hydrogens (tertiary/aromatic N) is 6. The lowest BCUT2D eigenvalue weighted by Crippen LogP contribution is -2.62. The summed E-state index contributed by atoms with van der Waals surface area (Å²) >= 11 is 2.76. The molecule has 148 heavy (non-hydrogen) atoms. The molecule has 5 fully saturated rings. The first-order valence-electron chi connectivity index (χ1n) is 49.3. The van der Waals surface area contributed by atoms with E-state index in [2.05, 4.69) is 100 Å². The molecule has 3 aromatic rings. The number of amides is 20. The Bertz CT molecular complexity index is 5190. The number of aliphatic hydroxyl groups is 3. The number of imidazole rings is 1. The fourth-order valence-electron chi connectivity index (χ4n) is 16.9. The maximum Gasteiger partial charge on any atom is 0.245 e. The van der Waals surface area contributed by atoms with Crippen molar-refractivity contribution in [3.63, 3.8) is 0 Å². The fourth-order valence-corrected chi connectivity index (χ4v) is 19.8. The van der Waals surface area contributed by atoms with Crippen molar-refractivity contribution in [2.24, 2.45) is 34.8 Å². The summed E-state index contributed by atoms with van der Waals surface area (Å²) in [6.45, 7) is 10.3. The van der Waals surface area contributed by atoms with Crippen molar-refractivity contribution in [1.82, 2.24) is 125 Å². The number of carbonyl (C=O) groups excluding carboxylic acids is 20. The van der Waals surface area contributed by atoms with Crippen LogP contribution in [0.5, 0.6) is 0 Å². The molecule has 0 radical (unpaired) electrons. The van der Waals surface area contributed by atoms with Crippen LogP contribution in [0.1, 0.15) is 157 Å². The number of H-pyrrole nitrogens is 2. The molecule has 56 heteroatoms. The van der Waals surface area contributed by atoms with E-state index in [-0.39, 0.29) is 144 Å². The molecule has 5 aliphatic rings. The SMILES string of the molecule is CC(C)C[C@@H]1NC(=O)[C@H](CO)NC(=O)[C@H](Cc2c[nH]cn2)NC(=O)[C@@H]2CSCCC(=O)N3CN(CN(C3)C(=O)CCSC[C@@H](C(=O)N[C@@H](C)C(N)=O)NC(=O)[C@H]([C@@H](C)O)NC(=O)[C@H](C)NC(=O)[C@H](CCCNC(=N)N)NC(=O)[C@@H]3CCCN3C(=O)[C@H](CC(C)C)NC1=O)C(=O)CCSC[C@H](NC(=O)[C@H](C)N)C(=O)N[C@@H]([C@@H](C)O)C(=O)N[C@@H](CCCNC(=N)N)C(=O)N1CCC[C@H]1C(=O)N[C@@H](Cc1c[nH]c3ccccc13)C(=O)N2. The van der Waals surface area contributed by atoms with E-state index in [1.807, 2.05) is 0 Å². The lowest BCUT2D eigenvalue weighted by Gasteiger charge is -2.42. The molecule has 2 aromatic heterocycles. The second-order valence-electron chi connectivity index (χ2n) is 38.0. The van der Waals surface area contributed by atoms with Crippen molar-refractivity contribution < 1.29 is 111 Å². The highest BCUT2D eigenvalue weighted by Crippen LogP contribution is 2.27. The smallest absolute Gasteiger partial charge is 0.245 e. The van der Waals surface area contributed by atoms with E-state index in [1.165, 1.54) is 43.1 Å². The van der Waals surface area contributed by atoms with Crippen molar-refractivity contribution in [3.8, 4) is 0 Å². The number of nitrogens with two attached hydrogens (primary N) is 4. The van der Waals surface area contributed by atoms with Crippen molar-refractivity contribution in [1.29, 1.82) is 10.8 Å². The number of thioether (sulfide) groups is 3. The van der Waals surface area contributed by atoms with Crippen LogP contribution in [0.15, 0.2) is 43.0 Å². The zero-order valence-corrected chi connectivity index (χ0v) is 86.8. The number of rotatable bonds is 24. The zero-order valence-electron chi connectivity index (χ0n) is 84.4. The van der Waals surface area contributed by atoms with E-state index < -0.39 is 302 Å². The Morgan fingerprint density at radius 1 is 0.507 bits per heavy atom. The van der Waals surface area contributed by atoms with Crippen LogP contribution in [-0.4, -0.2) is 387 Å². The molecule has 0 spiro atoms. The van der Waals surface area contributed by atoms with Crippen LogP contribution < -0.4 is 108 Å². The Morgan fingerprint density at radius 2 is 0.966 bits per heavy atom. The van der Waals surface area contributed by atoms with Crippen molar-refractivity contribution >= 4 is 176 Å². The number of nitrogens with one attached hydrogen (secondary N) is 20. The van der Waals surface area contributed by atoms with Gasteiger partial charge in [-0.25, -0.2) is 4.98 Å². The molecule has 5 saturated heterocycles. The average molecular weight is 2130 g/mol. The third-order valence-electron chi connectivity index (χ3n) is 25.0. The lowest BCUT2D eigenvalue weighted by atomic mass is 9.99. The lowest BCUT2D eigenvalue weighted by molar-refractivity contribution is -0.158. The summed E-state index contributed by atoms with van der Waals surface area (Å²) in [7, 11) is 0. The van der Waals surface area contributed by atoms with E-state index in [0.717, 1.165) is 63.8 Å². The van der Waals surface area contributed by atoms with Gasteiger partial charge >= 0.3 is 0 Å². The Balaban J connectivity index is 1.23. The molecule has 1 aromatic carbocycles. The molecule has 0 aliphatic carbocycles. The highest BCUT2D eigenvalue weighted by atomic mass is 32.2. The summed E-state index contributed by atoms with van der Waals surface area (Å²) < 4.78 is 0. The maximum atomic E-state index is 15.8. The molecule has 20 amide bonds. The molecule has 53 nitrogen and oxygen atoms in total. The van der Waals surface area contributed by atoms with Gasteiger partial charge in [0.1, 0.15) is 96.7 Å². The summed E-state index contributed by atoms with van der Waals surface area (Å²) in [4.78, 5) is 310.